The first-order chi connectivity index (χ1) is 6.59. The van der Waals surface area contributed by atoms with Gasteiger partial charge < -0.3 is 10.1 Å². The lowest BCUT2D eigenvalue weighted by Crippen LogP contribution is -2.31. The highest BCUT2D eigenvalue weighted by Crippen LogP contribution is 2.19. The lowest BCUT2D eigenvalue weighted by atomic mass is 9.85. The van der Waals surface area contributed by atoms with Crippen LogP contribution in [-0.4, -0.2) is 26.3 Å². The Bertz CT molecular complexity index is 115. The number of hydrogen-bond donors (Lipinski definition) is 1. The van der Waals surface area contributed by atoms with E-state index >= 15 is 0 Å². The van der Waals surface area contributed by atoms with Gasteiger partial charge in [-0.25, -0.2) is 0 Å². The van der Waals surface area contributed by atoms with Crippen molar-refractivity contribution >= 4 is 0 Å². The maximum atomic E-state index is 5.27. The minimum Gasteiger partial charge on any atom is -0.380 e. The Morgan fingerprint density at radius 1 is 1.07 bits per heavy atom. The van der Waals surface area contributed by atoms with E-state index in [-0.39, 0.29) is 0 Å². The largest absolute Gasteiger partial charge is 0.380 e. The van der Waals surface area contributed by atoms with Gasteiger partial charge in [0.2, 0.25) is 0 Å². The topological polar surface area (TPSA) is 21.3 Å². The molecule has 0 bridgehead atoms. The zero-order chi connectivity index (χ0) is 11.0. The first-order valence-corrected chi connectivity index (χ1v) is 5.88. The van der Waals surface area contributed by atoms with Crippen LogP contribution in [0.4, 0.5) is 0 Å². The molecule has 0 radical (unpaired) electrons. The first-order valence-electron chi connectivity index (χ1n) is 5.88. The monoisotopic (exact) mass is 201 g/mol. The van der Waals surface area contributed by atoms with Crippen molar-refractivity contribution in [2.24, 2.45) is 17.8 Å². The second kappa shape index (κ2) is 8.25. The maximum Gasteiger partial charge on any atom is 0.0590 e. The molecule has 0 saturated heterocycles. The fourth-order valence-electron chi connectivity index (χ4n) is 1.80. The van der Waals surface area contributed by atoms with Crippen molar-refractivity contribution in [2.75, 3.05) is 26.3 Å². The average Bonchev–Trinajstić information content (AvgIpc) is 2.09. The van der Waals surface area contributed by atoms with Crippen molar-refractivity contribution in [2.45, 2.75) is 34.6 Å². The Morgan fingerprint density at radius 3 is 2.07 bits per heavy atom. The van der Waals surface area contributed by atoms with E-state index in [9.17, 15) is 0 Å². The molecule has 14 heavy (non-hydrogen) atoms. The average molecular weight is 201 g/mol. The van der Waals surface area contributed by atoms with Gasteiger partial charge in [0.05, 0.1) is 6.61 Å². The smallest absolute Gasteiger partial charge is 0.0590 e. The summed E-state index contributed by atoms with van der Waals surface area (Å²) >= 11 is 0. The van der Waals surface area contributed by atoms with E-state index in [1.165, 1.54) is 0 Å². The zero-order valence-electron chi connectivity index (χ0n) is 10.5. The van der Waals surface area contributed by atoms with Crippen molar-refractivity contribution < 1.29 is 4.74 Å². The molecule has 0 fully saturated rings. The van der Waals surface area contributed by atoms with Gasteiger partial charge in [0, 0.05) is 13.2 Å². The summed E-state index contributed by atoms with van der Waals surface area (Å²) < 4.78 is 5.27. The van der Waals surface area contributed by atoms with E-state index in [0.717, 1.165) is 44.1 Å². The van der Waals surface area contributed by atoms with Crippen LogP contribution in [0.1, 0.15) is 34.6 Å². The van der Waals surface area contributed by atoms with E-state index in [1.807, 2.05) is 6.92 Å². The van der Waals surface area contributed by atoms with Crippen LogP contribution < -0.4 is 5.32 Å². The van der Waals surface area contributed by atoms with Gasteiger partial charge in [-0.3, -0.25) is 0 Å². The highest BCUT2D eigenvalue weighted by molar-refractivity contribution is 4.69. The third-order valence-electron chi connectivity index (χ3n) is 2.72. The van der Waals surface area contributed by atoms with Crippen molar-refractivity contribution in [3.63, 3.8) is 0 Å². The maximum absolute atomic E-state index is 5.27. The van der Waals surface area contributed by atoms with Gasteiger partial charge in [-0.1, -0.05) is 27.7 Å². The molecule has 0 saturated carbocycles. The lowest BCUT2D eigenvalue weighted by Gasteiger charge is -2.25. The molecule has 0 aliphatic heterocycles. The van der Waals surface area contributed by atoms with Gasteiger partial charge in [-0.15, -0.1) is 0 Å². The molecular formula is C12H27NO. The molecule has 0 aromatic heterocycles. The van der Waals surface area contributed by atoms with Crippen LogP contribution in [0.5, 0.6) is 0 Å². The Labute approximate surface area is 89.4 Å². The van der Waals surface area contributed by atoms with Crippen LogP contribution in [0, 0.1) is 17.8 Å². The van der Waals surface area contributed by atoms with E-state index in [1.54, 1.807) is 0 Å². The quantitative estimate of drug-likeness (QED) is 0.609. The Balaban J connectivity index is 3.52. The molecule has 1 N–H and O–H groups in total. The Kier molecular flexibility index (Phi) is 8.20. The number of nitrogens with one attached hydrogen (secondary N) is 1. The summed E-state index contributed by atoms with van der Waals surface area (Å²) in [4.78, 5) is 0. The molecule has 0 aliphatic rings. The molecule has 0 aromatic rings. The van der Waals surface area contributed by atoms with Crippen molar-refractivity contribution in [1.29, 1.82) is 0 Å². The normalized spacial score (nSPS) is 12.0. The Hall–Kier alpha value is -0.0800. The first kappa shape index (κ1) is 13.9. The van der Waals surface area contributed by atoms with E-state index in [0.29, 0.717) is 0 Å². The number of rotatable bonds is 8. The minimum absolute atomic E-state index is 0.759. The Morgan fingerprint density at radius 2 is 1.64 bits per heavy atom. The van der Waals surface area contributed by atoms with Gasteiger partial charge in [0.15, 0.2) is 0 Å². The second-order valence-electron chi connectivity index (χ2n) is 4.55. The third kappa shape index (κ3) is 6.39. The number of hydrogen-bond acceptors (Lipinski definition) is 2. The van der Waals surface area contributed by atoms with Gasteiger partial charge in [0.1, 0.15) is 0 Å². The molecule has 2 heteroatoms. The fourth-order valence-corrected chi connectivity index (χ4v) is 1.80. The molecule has 0 amide bonds. The molecule has 0 aliphatic carbocycles. The van der Waals surface area contributed by atoms with Crippen LogP contribution in [-0.2, 0) is 4.74 Å². The summed E-state index contributed by atoms with van der Waals surface area (Å²) in [5, 5.41) is 3.46. The molecule has 2 nitrogen and oxygen atoms in total. The molecule has 0 heterocycles. The predicted molar refractivity (Wildman–Crippen MR) is 62.5 cm³/mol. The van der Waals surface area contributed by atoms with Crippen molar-refractivity contribution in [1.82, 2.24) is 5.32 Å². The SMILES string of the molecule is CCOCCNCC(C(C)C)C(C)C. The van der Waals surface area contributed by atoms with E-state index in [4.69, 9.17) is 4.74 Å². The minimum atomic E-state index is 0.759. The van der Waals surface area contributed by atoms with Crippen molar-refractivity contribution in [3.8, 4) is 0 Å². The fraction of sp³-hybridized carbons (Fsp3) is 1.00. The van der Waals surface area contributed by atoms with E-state index < -0.39 is 0 Å². The van der Waals surface area contributed by atoms with Gasteiger partial charge in [-0.2, -0.15) is 0 Å². The van der Waals surface area contributed by atoms with Crippen molar-refractivity contribution in [3.05, 3.63) is 0 Å². The molecule has 0 atom stereocenters. The summed E-state index contributed by atoms with van der Waals surface area (Å²) in [7, 11) is 0. The second-order valence-corrected chi connectivity index (χ2v) is 4.55. The molecule has 0 unspecified atom stereocenters. The van der Waals surface area contributed by atoms with Crippen LogP contribution in [0.25, 0.3) is 0 Å². The highest BCUT2D eigenvalue weighted by atomic mass is 16.5. The molecule has 86 valence electrons. The van der Waals surface area contributed by atoms with Crippen LogP contribution in [0.15, 0.2) is 0 Å². The van der Waals surface area contributed by atoms with E-state index in [2.05, 4.69) is 33.0 Å². The van der Waals surface area contributed by atoms with Gasteiger partial charge in [0.25, 0.3) is 0 Å². The summed E-state index contributed by atoms with van der Waals surface area (Å²) in [5.74, 6) is 2.29. The molecule has 0 aromatic carbocycles. The molecule has 0 rings (SSSR count). The van der Waals surface area contributed by atoms with Gasteiger partial charge >= 0.3 is 0 Å². The predicted octanol–water partition coefficient (Wildman–Crippen LogP) is 2.54. The number of ether oxygens (including phenoxy) is 1. The van der Waals surface area contributed by atoms with Crippen LogP contribution in [0.2, 0.25) is 0 Å². The summed E-state index contributed by atoms with van der Waals surface area (Å²) in [5.41, 5.74) is 0. The standard InChI is InChI=1S/C12H27NO/c1-6-14-8-7-13-9-12(10(2)3)11(4)5/h10-13H,6-9H2,1-5H3. The molecule has 0 spiro atoms. The van der Waals surface area contributed by atoms with Gasteiger partial charge in [-0.05, 0) is 31.2 Å². The lowest BCUT2D eigenvalue weighted by molar-refractivity contribution is 0.146. The summed E-state index contributed by atoms with van der Waals surface area (Å²) in [6, 6.07) is 0. The summed E-state index contributed by atoms with van der Waals surface area (Å²) in [6.07, 6.45) is 0. The highest BCUT2D eigenvalue weighted by Gasteiger charge is 2.16. The van der Waals surface area contributed by atoms with Crippen LogP contribution in [0.3, 0.4) is 0 Å². The summed E-state index contributed by atoms with van der Waals surface area (Å²) in [6.45, 7) is 15.0. The zero-order valence-corrected chi connectivity index (χ0v) is 10.5. The van der Waals surface area contributed by atoms with Crippen LogP contribution >= 0.6 is 0 Å². The third-order valence-corrected chi connectivity index (χ3v) is 2.72. The molecular weight excluding hydrogens is 174 g/mol.